The highest BCUT2D eigenvalue weighted by Crippen LogP contribution is 2.25. The first-order chi connectivity index (χ1) is 9.92. The average molecular weight is 313 g/mol. The lowest BCUT2D eigenvalue weighted by molar-refractivity contribution is -0.384. The molecule has 1 saturated carbocycles. The molecule has 0 aliphatic heterocycles. The van der Waals surface area contributed by atoms with Gasteiger partial charge in [-0.3, -0.25) is 10.1 Å². The Hall–Kier alpha value is -1.51. The standard InChI is InChI=1S/C13H19N3O4S/c14-9-10-1-3-11(4-2-10)15-21(19,20)13-7-5-12(6-8-13)16(17)18/h5-8,10-11,15H,1-4,9,14H2. The van der Waals surface area contributed by atoms with Crippen LogP contribution in [0.5, 0.6) is 0 Å². The van der Waals surface area contributed by atoms with Crippen LogP contribution in [0.4, 0.5) is 5.69 Å². The van der Waals surface area contributed by atoms with Crippen molar-refractivity contribution in [1.29, 1.82) is 0 Å². The summed E-state index contributed by atoms with van der Waals surface area (Å²) >= 11 is 0. The molecule has 3 N–H and O–H groups in total. The minimum absolute atomic E-state index is 0.0500. The monoisotopic (exact) mass is 313 g/mol. The maximum atomic E-state index is 12.2. The first-order valence-electron chi connectivity index (χ1n) is 6.89. The third-order valence-electron chi connectivity index (χ3n) is 3.86. The molecule has 116 valence electrons. The van der Waals surface area contributed by atoms with Crippen LogP contribution in [-0.2, 0) is 10.0 Å². The summed E-state index contributed by atoms with van der Waals surface area (Å²) in [5, 5.41) is 10.6. The molecule has 0 spiro atoms. The van der Waals surface area contributed by atoms with Crippen molar-refractivity contribution in [2.24, 2.45) is 11.7 Å². The second-order valence-electron chi connectivity index (χ2n) is 5.33. The van der Waals surface area contributed by atoms with Crippen molar-refractivity contribution in [1.82, 2.24) is 4.72 Å². The van der Waals surface area contributed by atoms with Crippen LogP contribution in [0.15, 0.2) is 29.2 Å². The molecule has 0 unspecified atom stereocenters. The van der Waals surface area contributed by atoms with Gasteiger partial charge in [0.15, 0.2) is 0 Å². The van der Waals surface area contributed by atoms with Crippen LogP contribution in [-0.4, -0.2) is 25.9 Å². The van der Waals surface area contributed by atoms with Crippen molar-refractivity contribution < 1.29 is 13.3 Å². The predicted molar refractivity (Wildman–Crippen MR) is 78.2 cm³/mol. The molecule has 0 heterocycles. The summed E-state index contributed by atoms with van der Waals surface area (Å²) in [7, 11) is -3.63. The molecule has 1 aromatic carbocycles. The van der Waals surface area contributed by atoms with Crippen LogP contribution < -0.4 is 10.5 Å². The smallest absolute Gasteiger partial charge is 0.269 e. The van der Waals surface area contributed by atoms with Gasteiger partial charge in [0.2, 0.25) is 10.0 Å². The van der Waals surface area contributed by atoms with Crippen LogP contribution in [0.1, 0.15) is 25.7 Å². The summed E-state index contributed by atoms with van der Waals surface area (Å²) in [5.41, 5.74) is 5.48. The van der Waals surface area contributed by atoms with Crippen LogP contribution in [0.25, 0.3) is 0 Å². The van der Waals surface area contributed by atoms with E-state index in [1.54, 1.807) is 0 Å². The van der Waals surface area contributed by atoms with E-state index in [0.717, 1.165) is 25.7 Å². The van der Waals surface area contributed by atoms with E-state index in [1.165, 1.54) is 24.3 Å². The maximum absolute atomic E-state index is 12.2. The summed E-state index contributed by atoms with van der Waals surface area (Å²) in [6.07, 6.45) is 3.38. The molecule has 8 heteroatoms. The number of nitro groups is 1. The number of hydrogen-bond acceptors (Lipinski definition) is 5. The van der Waals surface area contributed by atoms with Gasteiger partial charge in [-0.1, -0.05) is 0 Å². The number of non-ortho nitro benzene ring substituents is 1. The van der Waals surface area contributed by atoms with Gasteiger partial charge in [-0.05, 0) is 50.3 Å². The minimum atomic E-state index is -3.63. The molecule has 1 aliphatic carbocycles. The molecule has 0 bridgehead atoms. The third kappa shape index (κ3) is 3.99. The van der Waals surface area contributed by atoms with E-state index in [2.05, 4.69) is 4.72 Å². The molecule has 1 fully saturated rings. The lowest BCUT2D eigenvalue weighted by Gasteiger charge is -2.28. The zero-order chi connectivity index (χ0) is 15.5. The van der Waals surface area contributed by atoms with Gasteiger partial charge in [0, 0.05) is 18.2 Å². The van der Waals surface area contributed by atoms with E-state index in [0.29, 0.717) is 12.5 Å². The normalized spacial score (nSPS) is 22.9. The van der Waals surface area contributed by atoms with Crippen molar-refractivity contribution in [2.45, 2.75) is 36.6 Å². The van der Waals surface area contributed by atoms with Crippen LogP contribution in [0.3, 0.4) is 0 Å². The summed E-state index contributed by atoms with van der Waals surface area (Å²) in [5.74, 6) is 0.477. The van der Waals surface area contributed by atoms with Gasteiger partial charge in [-0.15, -0.1) is 0 Å². The molecule has 0 saturated heterocycles. The number of sulfonamides is 1. The Bertz CT molecular complexity index is 592. The van der Waals surface area contributed by atoms with Crippen molar-refractivity contribution in [3.63, 3.8) is 0 Å². The fourth-order valence-corrected chi connectivity index (χ4v) is 3.86. The van der Waals surface area contributed by atoms with E-state index in [-0.39, 0.29) is 16.6 Å². The Kier molecular flexibility index (Phi) is 4.92. The lowest BCUT2D eigenvalue weighted by Crippen LogP contribution is -2.38. The number of hydrogen-bond donors (Lipinski definition) is 2. The lowest BCUT2D eigenvalue weighted by atomic mass is 9.87. The zero-order valence-electron chi connectivity index (χ0n) is 11.6. The van der Waals surface area contributed by atoms with Crippen molar-refractivity contribution in [2.75, 3.05) is 6.54 Å². The number of rotatable bonds is 5. The van der Waals surface area contributed by atoms with E-state index >= 15 is 0 Å². The van der Waals surface area contributed by atoms with Gasteiger partial charge in [0.05, 0.1) is 9.82 Å². The number of nitro benzene ring substituents is 1. The number of nitrogens with two attached hydrogens (primary N) is 1. The Morgan fingerprint density at radius 1 is 1.19 bits per heavy atom. The van der Waals surface area contributed by atoms with E-state index in [1.807, 2.05) is 0 Å². The highest BCUT2D eigenvalue weighted by Gasteiger charge is 2.25. The Morgan fingerprint density at radius 2 is 1.76 bits per heavy atom. The Balaban J connectivity index is 2.03. The number of nitrogens with zero attached hydrogens (tertiary/aromatic N) is 1. The summed E-state index contributed by atoms with van der Waals surface area (Å²) < 4.78 is 27.1. The Labute approximate surface area is 123 Å². The molecule has 2 rings (SSSR count). The third-order valence-corrected chi connectivity index (χ3v) is 5.40. The fraction of sp³-hybridized carbons (Fsp3) is 0.538. The van der Waals surface area contributed by atoms with E-state index in [9.17, 15) is 18.5 Å². The number of benzene rings is 1. The first-order valence-corrected chi connectivity index (χ1v) is 8.37. The molecule has 0 radical (unpaired) electrons. The predicted octanol–water partition coefficient (Wildman–Crippen LogP) is 1.39. The summed E-state index contributed by atoms with van der Waals surface area (Å²) in [6.45, 7) is 0.641. The van der Waals surface area contributed by atoms with Crippen LogP contribution >= 0.6 is 0 Å². The number of nitrogens with one attached hydrogen (secondary N) is 1. The molecule has 21 heavy (non-hydrogen) atoms. The fourth-order valence-electron chi connectivity index (χ4n) is 2.55. The molecule has 0 amide bonds. The minimum Gasteiger partial charge on any atom is -0.330 e. The molecule has 0 atom stereocenters. The van der Waals surface area contributed by atoms with Gasteiger partial charge < -0.3 is 5.73 Å². The highest BCUT2D eigenvalue weighted by molar-refractivity contribution is 7.89. The second kappa shape index (κ2) is 6.50. The van der Waals surface area contributed by atoms with Gasteiger partial charge in [-0.25, -0.2) is 13.1 Å². The van der Waals surface area contributed by atoms with Gasteiger partial charge in [-0.2, -0.15) is 0 Å². The highest BCUT2D eigenvalue weighted by atomic mass is 32.2. The topological polar surface area (TPSA) is 115 Å². The van der Waals surface area contributed by atoms with Gasteiger partial charge in [0.25, 0.3) is 5.69 Å². The summed E-state index contributed by atoms with van der Waals surface area (Å²) in [6, 6.07) is 4.81. The second-order valence-corrected chi connectivity index (χ2v) is 7.04. The molecule has 0 aromatic heterocycles. The maximum Gasteiger partial charge on any atom is 0.269 e. The average Bonchev–Trinajstić information content (AvgIpc) is 2.48. The zero-order valence-corrected chi connectivity index (χ0v) is 12.4. The molecule has 1 aliphatic rings. The van der Waals surface area contributed by atoms with E-state index < -0.39 is 14.9 Å². The summed E-state index contributed by atoms with van der Waals surface area (Å²) in [4.78, 5) is 10.1. The Morgan fingerprint density at radius 3 is 2.24 bits per heavy atom. The van der Waals surface area contributed by atoms with Gasteiger partial charge >= 0.3 is 0 Å². The molecule has 1 aromatic rings. The first kappa shape index (κ1) is 15.9. The van der Waals surface area contributed by atoms with Crippen LogP contribution in [0, 0.1) is 16.0 Å². The molecular weight excluding hydrogens is 294 g/mol. The van der Waals surface area contributed by atoms with Crippen molar-refractivity contribution >= 4 is 15.7 Å². The molecular formula is C13H19N3O4S. The molecule has 7 nitrogen and oxygen atoms in total. The largest absolute Gasteiger partial charge is 0.330 e. The van der Waals surface area contributed by atoms with Crippen molar-refractivity contribution in [3.05, 3.63) is 34.4 Å². The van der Waals surface area contributed by atoms with Gasteiger partial charge in [0.1, 0.15) is 0 Å². The van der Waals surface area contributed by atoms with Crippen molar-refractivity contribution in [3.8, 4) is 0 Å². The SMILES string of the molecule is NCC1CCC(NS(=O)(=O)c2ccc([N+](=O)[O-])cc2)CC1. The van der Waals surface area contributed by atoms with E-state index in [4.69, 9.17) is 5.73 Å². The quantitative estimate of drug-likeness (QED) is 0.629. The van der Waals surface area contributed by atoms with Crippen LogP contribution in [0.2, 0.25) is 0 Å².